The van der Waals surface area contributed by atoms with Gasteiger partial charge in [0, 0.05) is 61.6 Å². The molecule has 0 aliphatic carbocycles. The zero-order chi connectivity index (χ0) is 30.7. The molecule has 2 heterocycles. The first-order valence-electron chi connectivity index (χ1n) is 14.5. The van der Waals surface area contributed by atoms with Crippen molar-refractivity contribution >= 4 is 42.2 Å². The van der Waals surface area contributed by atoms with Crippen molar-refractivity contribution in [2.24, 2.45) is 0 Å². The molecule has 0 aliphatic rings. The molecule has 3 N–H and O–H groups in total. The molecule has 0 spiro atoms. The Kier molecular flexibility index (Phi) is 9.49. The van der Waals surface area contributed by atoms with Gasteiger partial charge in [-0.2, -0.15) is 0 Å². The average Bonchev–Trinajstić information content (AvgIpc) is 3.30. The first-order chi connectivity index (χ1) is 19.8. The predicted molar refractivity (Wildman–Crippen MR) is 179 cm³/mol. The number of benzene rings is 2. The number of methoxy groups -OCH3 is 1. The second-order valence-electron chi connectivity index (χ2n) is 12.6. The second-order valence-corrected chi connectivity index (χ2v) is 17.4. The molecule has 0 saturated carbocycles. The Bertz CT molecular complexity index is 1510. The Morgan fingerprint density at radius 3 is 2.48 bits per heavy atom. The maximum absolute atomic E-state index is 6.48. The molecule has 4 aromatic rings. The van der Waals surface area contributed by atoms with E-state index in [0.717, 1.165) is 47.5 Å². The summed E-state index contributed by atoms with van der Waals surface area (Å²) in [6, 6.07) is 14.2. The molecule has 0 atom stereocenters. The molecule has 4 rings (SSSR count). The standard InChI is InChI=1S/C32H47N7O2Si/c1-32(2,3)42(8,9)41-19-18-39-22-24(23-12-10-11-13-28(23)39)26-14-15-34-31(35-26)36-27-20-25(33)29(21-30(27)40-7)38(6)17-16-37(4)5/h10-15,20-22H,16-19,33H2,1-9H3,(H,34,35,36). The van der Waals surface area contributed by atoms with E-state index in [1.165, 1.54) is 0 Å². The number of para-hydroxylation sites is 1. The molecule has 10 heteroatoms. The molecule has 2 aromatic heterocycles. The fourth-order valence-corrected chi connectivity index (χ4v) is 5.63. The van der Waals surface area contributed by atoms with E-state index in [4.69, 9.17) is 19.9 Å². The maximum atomic E-state index is 6.48. The monoisotopic (exact) mass is 589 g/mol. The molecule has 0 fully saturated rings. The number of nitrogen functional groups attached to an aromatic ring is 1. The van der Waals surface area contributed by atoms with E-state index in [1.54, 1.807) is 13.3 Å². The zero-order valence-corrected chi connectivity index (χ0v) is 27.7. The molecule has 9 nitrogen and oxygen atoms in total. The van der Waals surface area contributed by atoms with Crippen molar-refractivity contribution in [2.75, 3.05) is 63.9 Å². The van der Waals surface area contributed by atoms with E-state index < -0.39 is 8.32 Å². The van der Waals surface area contributed by atoms with Crippen LogP contribution in [0.5, 0.6) is 5.75 Å². The lowest BCUT2D eigenvalue weighted by atomic mass is 10.1. The third-order valence-electron chi connectivity index (χ3n) is 8.21. The molecule has 0 bridgehead atoms. The average molecular weight is 590 g/mol. The van der Waals surface area contributed by atoms with Crippen LogP contribution >= 0.6 is 0 Å². The van der Waals surface area contributed by atoms with Gasteiger partial charge in [-0.3, -0.25) is 0 Å². The summed E-state index contributed by atoms with van der Waals surface area (Å²) in [6.07, 6.45) is 3.94. The number of nitrogens with zero attached hydrogens (tertiary/aromatic N) is 5. The number of rotatable bonds is 12. The molecular formula is C32H47N7O2Si. The molecule has 0 radical (unpaired) electrons. The van der Waals surface area contributed by atoms with Crippen LogP contribution in [0.4, 0.5) is 23.0 Å². The zero-order valence-electron chi connectivity index (χ0n) is 26.7. The second kappa shape index (κ2) is 12.7. The molecule has 42 heavy (non-hydrogen) atoms. The Morgan fingerprint density at radius 1 is 1.05 bits per heavy atom. The van der Waals surface area contributed by atoms with Gasteiger partial charge < -0.3 is 34.6 Å². The topological polar surface area (TPSA) is 93.7 Å². The Balaban J connectivity index is 1.59. The van der Waals surface area contributed by atoms with Gasteiger partial charge in [0.2, 0.25) is 5.95 Å². The van der Waals surface area contributed by atoms with Gasteiger partial charge in [-0.05, 0) is 50.4 Å². The summed E-state index contributed by atoms with van der Waals surface area (Å²) in [5.74, 6) is 1.14. The van der Waals surface area contributed by atoms with Crippen molar-refractivity contribution in [1.29, 1.82) is 0 Å². The van der Waals surface area contributed by atoms with Crippen molar-refractivity contribution in [3.63, 3.8) is 0 Å². The van der Waals surface area contributed by atoms with Crippen molar-refractivity contribution in [2.45, 2.75) is 45.4 Å². The number of aromatic nitrogens is 3. The minimum Gasteiger partial charge on any atom is -0.494 e. The van der Waals surface area contributed by atoms with E-state index >= 15 is 0 Å². The number of likely N-dealkylation sites (N-methyl/N-ethyl adjacent to an activating group) is 2. The van der Waals surface area contributed by atoms with Crippen molar-refractivity contribution in [3.8, 4) is 17.0 Å². The van der Waals surface area contributed by atoms with Crippen LogP contribution in [0.2, 0.25) is 18.1 Å². The van der Waals surface area contributed by atoms with Gasteiger partial charge in [-0.25, -0.2) is 9.97 Å². The Morgan fingerprint density at radius 2 is 1.79 bits per heavy atom. The normalized spacial score (nSPS) is 12.2. The molecule has 0 saturated heterocycles. The molecule has 226 valence electrons. The minimum atomic E-state index is -1.82. The third kappa shape index (κ3) is 7.06. The van der Waals surface area contributed by atoms with E-state index in [1.807, 2.05) is 25.2 Å². The van der Waals surface area contributed by atoms with E-state index in [-0.39, 0.29) is 5.04 Å². The summed E-state index contributed by atoms with van der Waals surface area (Å²) in [6.45, 7) is 14.6. The lowest BCUT2D eigenvalue weighted by molar-refractivity contribution is 0.273. The number of nitrogens with one attached hydrogen (secondary N) is 1. The minimum absolute atomic E-state index is 0.178. The summed E-state index contributed by atoms with van der Waals surface area (Å²) in [5.41, 5.74) is 11.8. The lowest BCUT2D eigenvalue weighted by Crippen LogP contribution is -2.41. The van der Waals surface area contributed by atoms with Gasteiger partial charge in [-0.15, -0.1) is 0 Å². The number of hydrogen-bond donors (Lipinski definition) is 2. The van der Waals surface area contributed by atoms with Crippen LogP contribution in [0.25, 0.3) is 22.2 Å². The highest BCUT2D eigenvalue weighted by Gasteiger charge is 2.36. The van der Waals surface area contributed by atoms with Crippen LogP contribution in [0, 0.1) is 0 Å². The smallest absolute Gasteiger partial charge is 0.227 e. The van der Waals surface area contributed by atoms with Crippen molar-refractivity contribution in [1.82, 2.24) is 19.4 Å². The first kappa shape index (κ1) is 31.3. The summed E-state index contributed by atoms with van der Waals surface area (Å²) in [4.78, 5) is 13.7. The fraction of sp³-hybridized carbons (Fsp3) is 0.438. The highest BCUT2D eigenvalue weighted by atomic mass is 28.4. The highest BCUT2D eigenvalue weighted by Crippen LogP contribution is 2.38. The van der Waals surface area contributed by atoms with Gasteiger partial charge >= 0.3 is 0 Å². The maximum Gasteiger partial charge on any atom is 0.227 e. The van der Waals surface area contributed by atoms with Gasteiger partial charge in [0.15, 0.2) is 8.32 Å². The SMILES string of the molecule is COc1cc(N(C)CCN(C)C)c(N)cc1Nc1nccc(-c2cn(CCO[Si](C)(C)C(C)(C)C)c3ccccc23)n1. The van der Waals surface area contributed by atoms with Crippen molar-refractivity contribution in [3.05, 3.63) is 54.9 Å². The van der Waals surface area contributed by atoms with Gasteiger partial charge in [0.25, 0.3) is 0 Å². The van der Waals surface area contributed by atoms with Crippen LogP contribution in [-0.2, 0) is 11.0 Å². The third-order valence-corrected chi connectivity index (χ3v) is 12.7. The largest absolute Gasteiger partial charge is 0.494 e. The number of anilines is 4. The van der Waals surface area contributed by atoms with Crippen LogP contribution < -0.4 is 20.7 Å². The van der Waals surface area contributed by atoms with Gasteiger partial charge in [0.05, 0.1) is 36.5 Å². The lowest BCUT2D eigenvalue weighted by Gasteiger charge is -2.36. The van der Waals surface area contributed by atoms with Gasteiger partial charge in [-0.1, -0.05) is 39.0 Å². The molecule has 2 aromatic carbocycles. The Labute approximate surface area is 251 Å². The molecule has 0 amide bonds. The molecular weight excluding hydrogens is 542 g/mol. The summed E-state index contributed by atoms with van der Waals surface area (Å²) in [5, 5.41) is 4.65. The summed E-state index contributed by atoms with van der Waals surface area (Å²) >= 11 is 0. The Hall–Kier alpha value is -3.60. The quantitative estimate of drug-likeness (QED) is 0.144. The number of nitrogens with two attached hydrogens (primary N) is 1. The summed E-state index contributed by atoms with van der Waals surface area (Å²) in [7, 11) is 5.97. The fourth-order valence-electron chi connectivity index (χ4n) is 4.59. The molecule has 0 aliphatic heterocycles. The van der Waals surface area contributed by atoms with E-state index in [0.29, 0.717) is 29.7 Å². The van der Waals surface area contributed by atoms with Crippen LogP contribution in [-0.4, -0.2) is 75.7 Å². The number of ether oxygens (including phenoxy) is 1. The van der Waals surface area contributed by atoms with Gasteiger partial charge in [0.1, 0.15) is 5.75 Å². The molecule has 0 unspecified atom stereocenters. The predicted octanol–water partition coefficient (Wildman–Crippen LogP) is 6.45. The summed E-state index contributed by atoms with van der Waals surface area (Å²) < 4.78 is 14.5. The number of fused-ring (bicyclic) bond motifs is 1. The van der Waals surface area contributed by atoms with Crippen LogP contribution in [0.15, 0.2) is 54.9 Å². The highest BCUT2D eigenvalue weighted by molar-refractivity contribution is 6.74. The van der Waals surface area contributed by atoms with Crippen molar-refractivity contribution < 1.29 is 9.16 Å². The van der Waals surface area contributed by atoms with Crippen LogP contribution in [0.3, 0.4) is 0 Å². The van der Waals surface area contributed by atoms with E-state index in [2.05, 4.69) is 103 Å². The van der Waals surface area contributed by atoms with E-state index in [9.17, 15) is 0 Å². The van der Waals surface area contributed by atoms with Crippen LogP contribution in [0.1, 0.15) is 20.8 Å². The number of hydrogen-bond acceptors (Lipinski definition) is 8. The first-order valence-corrected chi connectivity index (χ1v) is 17.4.